The van der Waals surface area contributed by atoms with Gasteiger partial charge < -0.3 is 16.1 Å². The highest BCUT2D eigenvalue weighted by Crippen LogP contribution is 2.40. The average molecular weight is 427 g/mol. The zero-order chi connectivity index (χ0) is 21.2. The number of rotatable bonds is 2. The van der Waals surface area contributed by atoms with Gasteiger partial charge in [-0.25, -0.2) is 8.78 Å². The van der Waals surface area contributed by atoms with Crippen LogP contribution in [0.25, 0.3) is 0 Å². The number of anilines is 1. The van der Waals surface area contributed by atoms with Crippen LogP contribution in [0.2, 0.25) is 0 Å². The number of carbonyl (C=O) groups excluding carboxylic acids is 1. The van der Waals surface area contributed by atoms with Gasteiger partial charge in [-0.15, -0.1) is 0 Å². The number of halogens is 2. The maximum Gasteiger partial charge on any atom is 0.254 e. The van der Waals surface area contributed by atoms with Crippen molar-refractivity contribution in [3.05, 3.63) is 64.7 Å². The largest absolute Gasteiger partial charge is 0.375 e. The second-order valence-electron chi connectivity index (χ2n) is 8.17. The smallest absolute Gasteiger partial charge is 0.254 e. The van der Waals surface area contributed by atoms with Gasteiger partial charge in [0.2, 0.25) is 0 Å². The fourth-order valence-electron chi connectivity index (χ4n) is 4.34. The topological polar surface area (TPSA) is 68.8 Å². The molecule has 1 saturated heterocycles. The first-order valence-electron chi connectivity index (χ1n) is 9.57. The number of benzene rings is 2. The van der Waals surface area contributed by atoms with Crippen molar-refractivity contribution >= 4 is 34.6 Å². The first-order valence-corrected chi connectivity index (χ1v) is 9.98. The van der Waals surface area contributed by atoms with Crippen molar-refractivity contribution in [3.8, 4) is 0 Å². The number of nitrogens with one attached hydrogen (secondary N) is 3. The average Bonchev–Trinajstić information content (AvgIpc) is 2.89. The minimum absolute atomic E-state index is 0.188. The number of thiocarbonyl (C=S) groups is 1. The maximum absolute atomic E-state index is 14.2. The summed E-state index contributed by atoms with van der Waals surface area (Å²) in [6, 6.07) is 7.76. The molecule has 3 aliphatic heterocycles. The van der Waals surface area contributed by atoms with E-state index in [1.54, 1.807) is 26.0 Å². The van der Waals surface area contributed by atoms with Crippen LogP contribution in [0.4, 0.5) is 14.5 Å². The van der Waals surface area contributed by atoms with Crippen molar-refractivity contribution in [1.82, 2.24) is 15.6 Å². The van der Waals surface area contributed by atoms with E-state index in [1.165, 1.54) is 29.2 Å². The van der Waals surface area contributed by atoms with Crippen LogP contribution in [0, 0.1) is 11.6 Å². The predicted molar refractivity (Wildman–Crippen MR) is 113 cm³/mol. The third kappa shape index (κ3) is 2.76. The summed E-state index contributed by atoms with van der Waals surface area (Å²) in [5.74, 6) is -0.926. The number of nitrogens with zero attached hydrogens (tertiary/aromatic N) is 2. The summed E-state index contributed by atoms with van der Waals surface area (Å²) < 4.78 is 27.8. The summed E-state index contributed by atoms with van der Waals surface area (Å²) in [7, 11) is 0. The van der Waals surface area contributed by atoms with Crippen LogP contribution in [0.3, 0.4) is 0 Å². The summed E-state index contributed by atoms with van der Waals surface area (Å²) in [5.41, 5.74) is 5.50. The van der Waals surface area contributed by atoms with Crippen molar-refractivity contribution < 1.29 is 13.6 Å². The molecule has 1 fully saturated rings. The summed E-state index contributed by atoms with van der Waals surface area (Å²) >= 11 is 5.51. The molecule has 6 nitrogen and oxygen atoms in total. The molecule has 0 radical (unpaired) electrons. The zero-order valence-electron chi connectivity index (χ0n) is 16.3. The molecule has 0 aromatic heterocycles. The van der Waals surface area contributed by atoms with E-state index < -0.39 is 17.6 Å². The van der Waals surface area contributed by atoms with Gasteiger partial charge >= 0.3 is 0 Å². The van der Waals surface area contributed by atoms with Gasteiger partial charge in [0.1, 0.15) is 23.2 Å². The van der Waals surface area contributed by atoms with E-state index in [1.807, 2.05) is 0 Å². The Hall–Kier alpha value is -3.07. The Morgan fingerprint density at radius 2 is 1.90 bits per heavy atom. The van der Waals surface area contributed by atoms with Crippen LogP contribution in [-0.4, -0.2) is 33.2 Å². The number of carbonyl (C=O) groups is 1. The van der Waals surface area contributed by atoms with Gasteiger partial charge in [0.05, 0.1) is 18.3 Å². The second-order valence-corrected chi connectivity index (χ2v) is 8.55. The fourth-order valence-corrected chi connectivity index (χ4v) is 4.79. The molecule has 2 aromatic rings. The molecule has 3 aliphatic rings. The Bertz CT molecular complexity index is 1120. The monoisotopic (exact) mass is 427 g/mol. The Labute approximate surface area is 177 Å². The Morgan fingerprint density at radius 1 is 1.17 bits per heavy atom. The van der Waals surface area contributed by atoms with Gasteiger partial charge in [-0.05, 0) is 61.5 Å². The number of hydrazone groups is 1. The van der Waals surface area contributed by atoms with E-state index in [0.717, 1.165) is 16.7 Å². The molecule has 0 spiro atoms. The lowest BCUT2D eigenvalue weighted by molar-refractivity contribution is -0.130. The molecule has 30 heavy (non-hydrogen) atoms. The van der Waals surface area contributed by atoms with E-state index in [4.69, 9.17) is 12.2 Å². The molecule has 0 bridgehead atoms. The summed E-state index contributed by atoms with van der Waals surface area (Å²) in [5, 5.41) is 11.2. The summed E-state index contributed by atoms with van der Waals surface area (Å²) in [6.07, 6.45) is 0. The van der Waals surface area contributed by atoms with Gasteiger partial charge in [-0.3, -0.25) is 9.69 Å². The van der Waals surface area contributed by atoms with E-state index in [9.17, 15) is 13.6 Å². The van der Waals surface area contributed by atoms with Gasteiger partial charge in [0.25, 0.3) is 5.91 Å². The zero-order valence-corrected chi connectivity index (χ0v) is 17.1. The Balaban J connectivity index is 1.71. The molecule has 2 atom stereocenters. The van der Waals surface area contributed by atoms with Gasteiger partial charge in [0, 0.05) is 11.3 Å². The standard InChI is InChI=1S/C21H19F2N5OS/c1-21(2)19(29)28(20(30)26-21)18-16(10-3-5-12(22)6-4-10)25-14-8-13(23)7-11-9-24-27-17(18)15(11)14/h3-8,16,18,24-25H,9H2,1-2H3,(H,26,30). The van der Waals surface area contributed by atoms with Crippen molar-refractivity contribution in [2.75, 3.05) is 5.32 Å². The molecule has 154 valence electrons. The summed E-state index contributed by atoms with van der Waals surface area (Å²) in [6.45, 7) is 3.91. The van der Waals surface area contributed by atoms with Gasteiger partial charge in [-0.2, -0.15) is 5.10 Å². The molecule has 0 saturated carbocycles. The highest BCUT2D eigenvalue weighted by atomic mass is 32.1. The van der Waals surface area contributed by atoms with Crippen molar-refractivity contribution in [1.29, 1.82) is 0 Å². The van der Waals surface area contributed by atoms with E-state index >= 15 is 0 Å². The molecule has 0 aliphatic carbocycles. The van der Waals surface area contributed by atoms with Crippen molar-refractivity contribution in [3.63, 3.8) is 0 Å². The molecule has 5 rings (SSSR count). The predicted octanol–water partition coefficient (Wildman–Crippen LogP) is 2.80. The molecule has 2 aromatic carbocycles. The van der Waals surface area contributed by atoms with Crippen LogP contribution in [-0.2, 0) is 11.3 Å². The van der Waals surface area contributed by atoms with Gasteiger partial charge in [-0.1, -0.05) is 12.1 Å². The van der Waals surface area contributed by atoms with Gasteiger partial charge in [0.15, 0.2) is 5.11 Å². The quantitative estimate of drug-likeness (QED) is 0.643. The molecule has 2 unspecified atom stereocenters. The van der Waals surface area contributed by atoms with Crippen molar-refractivity contribution in [2.24, 2.45) is 5.10 Å². The molecular formula is C21H19F2N5OS. The Morgan fingerprint density at radius 3 is 2.57 bits per heavy atom. The lowest BCUT2D eigenvalue weighted by atomic mass is 9.83. The lowest BCUT2D eigenvalue weighted by Gasteiger charge is -2.42. The summed E-state index contributed by atoms with van der Waals surface area (Å²) in [4.78, 5) is 14.8. The molecule has 3 N–H and O–H groups in total. The number of hydrogen-bond acceptors (Lipinski definition) is 5. The molecule has 9 heteroatoms. The minimum atomic E-state index is -0.862. The number of hydrogen-bond donors (Lipinski definition) is 3. The van der Waals surface area contributed by atoms with Crippen molar-refractivity contribution in [2.45, 2.75) is 38.0 Å². The Kier molecular flexibility index (Phi) is 4.08. The third-order valence-electron chi connectivity index (χ3n) is 5.72. The number of amides is 1. The molecule has 3 heterocycles. The fraction of sp³-hybridized carbons (Fsp3) is 0.286. The van der Waals surface area contributed by atoms with E-state index in [2.05, 4.69) is 21.2 Å². The molecular weight excluding hydrogens is 408 g/mol. The van der Waals surface area contributed by atoms with E-state index in [0.29, 0.717) is 23.1 Å². The van der Waals surface area contributed by atoms with E-state index in [-0.39, 0.29) is 17.5 Å². The second kappa shape index (κ2) is 6.46. The van der Waals surface area contributed by atoms with Crippen LogP contribution in [0.5, 0.6) is 0 Å². The van der Waals surface area contributed by atoms with Crippen LogP contribution in [0.15, 0.2) is 41.5 Å². The SMILES string of the molecule is CC1(C)NC(=S)N(C2C3=NNCc4cc(F)cc(c43)NC2c2ccc(F)cc2)C1=O. The first kappa shape index (κ1) is 18.9. The highest BCUT2D eigenvalue weighted by molar-refractivity contribution is 7.80. The first-order chi connectivity index (χ1) is 14.3. The molecule has 1 amide bonds. The lowest BCUT2D eigenvalue weighted by Crippen LogP contribution is -2.55. The normalized spacial score (nSPS) is 23.9. The minimum Gasteiger partial charge on any atom is -0.375 e. The highest BCUT2D eigenvalue weighted by Gasteiger charge is 2.51. The van der Waals surface area contributed by atoms with Crippen LogP contribution < -0.4 is 16.1 Å². The van der Waals surface area contributed by atoms with Crippen LogP contribution in [0.1, 0.15) is 36.6 Å². The third-order valence-corrected chi connectivity index (χ3v) is 6.01. The van der Waals surface area contributed by atoms with Crippen LogP contribution >= 0.6 is 12.2 Å². The maximum atomic E-state index is 14.2.